The van der Waals surface area contributed by atoms with E-state index >= 15 is 0 Å². The van der Waals surface area contributed by atoms with Gasteiger partial charge in [0.1, 0.15) is 10.7 Å². The number of nitrogens with zero attached hydrogens (tertiary/aromatic N) is 2. The van der Waals surface area contributed by atoms with Crippen molar-refractivity contribution >= 4 is 27.5 Å². The molecule has 0 radical (unpaired) electrons. The predicted molar refractivity (Wildman–Crippen MR) is 66.3 cm³/mol. The third-order valence-corrected chi connectivity index (χ3v) is 2.67. The molecular formula is C11H15BrN2O2. The van der Waals surface area contributed by atoms with Crippen molar-refractivity contribution in [2.45, 2.75) is 26.4 Å². The van der Waals surface area contributed by atoms with Gasteiger partial charge in [-0.25, -0.2) is 4.98 Å². The normalized spacial score (nSPS) is 19.4. The van der Waals surface area contributed by atoms with Gasteiger partial charge in [-0.1, -0.05) is 13.8 Å². The Hall–Kier alpha value is -0.940. The number of aliphatic hydroxyl groups is 1. The van der Waals surface area contributed by atoms with E-state index in [1.165, 1.54) is 0 Å². The van der Waals surface area contributed by atoms with Gasteiger partial charge >= 0.3 is 0 Å². The fraction of sp³-hybridized carbons (Fsp3) is 0.455. The van der Waals surface area contributed by atoms with E-state index in [4.69, 9.17) is 0 Å². The smallest absolute Gasteiger partial charge is 0.255 e. The number of halogens is 1. The standard InChI is InChI=1S/C9H9BrN2O2.C2H6/c10-8-2-1-6(5-11-8)12-4-3-7(13)9(12)14;1-2/h1-2,5,7,13H,3-4H2;1-2H3. The molecule has 88 valence electrons. The lowest BCUT2D eigenvalue weighted by Crippen LogP contribution is -2.29. The van der Waals surface area contributed by atoms with Gasteiger partial charge in [-0.2, -0.15) is 0 Å². The molecular weight excluding hydrogens is 272 g/mol. The number of rotatable bonds is 1. The van der Waals surface area contributed by atoms with Crippen LogP contribution in [0.1, 0.15) is 20.3 Å². The van der Waals surface area contributed by atoms with Gasteiger partial charge in [0.15, 0.2) is 0 Å². The highest BCUT2D eigenvalue weighted by Crippen LogP contribution is 2.21. The summed E-state index contributed by atoms with van der Waals surface area (Å²) in [7, 11) is 0. The lowest BCUT2D eigenvalue weighted by atomic mass is 10.3. The van der Waals surface area contributed by atoms with E-state index < -0.39 is 6.10 Å². The van der Waals surface area contributed by atoms with Crippen LogP contribution >= 0.6 is 15.9 Å². The largest absolute Gasteiger partial charge is 0.383 e. The van der Waals surface area contributed by atoms with Gasteiger partial charge in [-0.3, -0.25) is 4.79 Å². The number of amides is 1. The van der Waals surface area contributed by atoms with Gasteiger partial charge in [0.05, 0.1) is 11.9 Å². The maximum Gasteiger partial charge on any atom is 0.255 e. The molecule has 1 N–H and O–H groups in total. The van der Waals surface area contributed by atoms with Crippen LogP contribution < -0.4 is 4.90 Å². The highest BCUT2D eigenvalue weighted by Gasteiger charge is 2.30. The molecule has 2 rings (SSSR count). The highest BCUT2D eigenvalue weighted by atomic mass is 79.9. The average Bonchev–Trinajstić information content (AvgIpc) is 2.64. The molecule has 0 aromatic carbocycles. The molecule has 4 nitrogen and oxygen atoms in total. The summed E-state index contributed by atoms with van der Waals surface area (Å²) in [6, 6.07) is 3.57. The van der Waals surface area contributed by atoms with Gasteiger partial charge in [-0.15, -0.1) is 0 Å². The Morgan fingerprint density at radius 1 is 1.50 bits per heavy atom. The zero-order valence-electron chi connectivity index (χ0n) is 9.35. The Labute approximate surface area is 103 Å². The van der Waals surface area contributed by atoms with Crippen LogP contribution in [0.2, 0.25) is 0 Å². The van der Waals surface area contributed by atoms with Crippen molar-refractivity contribution in [3.8, 4) is 0 Å². The quantitative estimate of drug-likeness (QED) is 0.803. The molecule has 1 unspecified atom stereocenters. The van der Waals surface area contributed by atoms with Gasteiger partial charge in [0, 0.05) is 13.0 Å². The van der Waals surface area contributed by atoms with Crippen LogP contribution in [0.5, 0.6) is 0 Å². The van der Waals surface area contributed by atoms with Crippen molar-refractivity contribution in [2.75, 3.05) is 11.4 Å². The van der Waals surface area contributed by atoms with Crippen LogP contribution in [0.3, 0.4) is 0 Å². The zero-order valence-corrected chi connectivity index (χ0v) is 10.9. The Bertz CT molecular complexity index is 354. The minimum absolute atomic E-state index is 0.242. The van der Waals surface area contributed by atoms with Crippen LogP contribution in [-0.4, -0.2) is 28.6 Å². The molecule has 1 saturated heterocycles. The fourth-order valence-electron chi connectivity index (χ4n) is 1.45. The zero-order chi connectivity index (χ0) is 12.1. The number of aliphatic hydroxyl groups excluding tert-OH is 1. The number of anilines is 1. The number of carbonyl (C=O) groups excluding carboxylic acids is 1. The Balaban J connectivity index is 0.000000606. The van der Waals surface area contributed by atoms with Crippen LogP contribution in [0.15, 0.2) is 22.9 Å². The fourth-order valence-corrected chi connectivity index (χ4v) is 1.68. The molecule has 0 bridgehead atoms. The summed E-state index contributed by atoms with van der Waals surface area (Å²) in [6.07, 6.45) is 1.26. The summed E-state index contributed by atoms with van der Waals surface area (Å²) in [6.45, 7) is 4.56. The second-order valence-electron chi connectivity index (χ2n) is 3.13. The van der Waals surface area contributed by atoms with Crippen LogP contribution in [-0.2, 0) is 4.79 Å². The van der Waals surface area contributed by atoms with Crippen molar-refractivity contribution in [1.29, 1.82) is 0 Å². The van der Waals surface area contributed by atoms with E-state index in [0.29, 0.717) is 13.0 Å². The topological polar surface area (TPSA) is 53.4 Å². The van der Waals surface area contributed by atoms with Gasteiger partial charge in [0.25, 0.3) is 5.91 Å². The first-order valence-corrected chi connectivity index (χ1v) is 6.09. The molecule has 1 aliphatic heterocycles. The molecule has 1 aromatic rings. The maximum absolute atomic E-state index is 11.4. The summed E-state index contributed by atoms with van der Waals surface area (Å²) in [4.78, 5) is 17.0. The Kier molecular flexibility index (Phi) is 4.89. The lowest BCUT2D eigenvalue weighted by Gasteiger charge is -2.14. The van der Waals surface area contributed by atoms with E-state index in [2.05, 4.69) is 20.9 Å². The highest BCUT2D eigenvalue weighted by molar-refractivity contribution is 9.10. The monoisotopic (exact) mass is 286 g/mol. The minimum Gasteiger partial charge on any atom is -0.383 e. The second-order valence-corrected chi connectivity index (χ2v) is 3.95. The molecule has 1 atom stereocenters. The third-order valence-electron chi connectivity index (χ3n) is 2.20. The Morgan fingerprint density at radius 2 is 2.19 bits per heavy atom. The van der Waals surface area contributed by atoms with Crippen LogP contribution in [0.25, 0.3) is 0 Å². The molecule has 16 heavy (non-hydrogen) atoms. The number of pyridine rings is 1. The number of aromatic nitrogens is 1. The molecule has 1 fully saturated rings. The van der Waals surface area contributed by atoms with Crippen LogP contribution in [0, 0.1) is 0 Å². The summed E-state index contributed by atoms with van der Waals surface area (Å²) in [5.74, 6) is -0.242. The second kappa shape index (κ2) is 5.96. The summed E-state index contributed by atoms with van der Waals surface area (Å²) >= 11 is 3.22. The Morgan fingerprint density at radius 3 is 2.62 bits per heavy atom. The predicted octanol–water partition coefficient (Wildman–Crippen LogP) is 1.97. The van der Waals surface area contributed by atoms with E-state index in [0.717, 1.165) is 10.3 Å². The molecule has 0 saturated carbocycles. The van der Waals surface area contributed by atoms with E-state index in [9.17, 15) is 9.90 Å². The molecule has 0 spiro atoms. The van der Waals surface area contributed by atoms with Gasteiger partial charge in [-0.05, 0) is 28.1 Å². The van der Waals surface area contributed by atoms with E-state index in [1.807, 2.05) is 13.8 Å². The van der Waals surface area contributed by atoms with E-state index in [-0.39, 0.29) is 5.91 Å². The average molecular weight is 287 g/mol. The third kappa shape index (κ3) is 2.80. The number of hydrogen-bond donors (Lipinski definition) is 1. The maximum atomic E-state index is 11.4. The lowest BCUT2D eigenvalue weighted by molar-refractivity contribution is -0.123. The molecule has 2 heterocycles. The first-order chi connectivity index (χ1) is 7.68. The summed E-state index contributed by atoms with van der Waals surface area (Å²) < 4.78 is 0.730. The number of hydrogen-bond acceptors (Lipinski definition) is 3. The molecule has 1 aromatic heterocycles. The first-order valence-electron chi connectivity index (χ1n) is 5.29. The minimum atomic E-state index is -0.848. The van der Waals surface area contributed by atoms with Crippen molar-refractivity contribution < 1.29 is 9.90 Å². The molecule has 0 aliphatic carbocycles. The van der Waals surface area contributed by atoms with Gasteiger partial charge in [0.2, 0.25) is 0 Å². The van der Waals surface area contributed by atoms with Crippen LogP contribution in [0.4, 0.5) is 5.69 Å². The van der Waals surface area contributed by atoms with E-state index in [1.54, 1.807) is 23.2 Å². The molecule has 1 aliphatic rings. The first kappa shape index (κ1) is 13.1. The SMILES string of the molecule is CC.O=C1C(O)CCN1c1ccc(Br)nc1. The van der Waals surface area contributed by atoms with Crippen molar-refractivity contribution in [3.05, 3.63) is 22.9 Å². The summed E-state index contributed by atoms with van der Waals surface area (Å²) in [5.41, 5.74) is 0.731. The molecule has 5 heteroatoms. The van der Waals surface area contributed by atoms with Crippen molar-refractivity contribution in [1.82, 2.24) is 4.98 Å². The number of carbonyl (C=O) groups is 1. The summed E-state index contributed by atoms with van der Waals surface area (Å²) in [5, 5.41) is 9.26. The van der Waals surface area contributed by atoms with Crippen molar-refractivity contribution in [3.63, 3.8) is 0 Å². The van der Waals surface area contributed by atoms with Gasteiger partial charge < -0.3 is 10.0 Å². The molecule has 1 amide bonds. The van der Waals surface area contributed by atoms with Crippen molar-refractivity contribution in [2.24, 2.45) is 0 Å².